The summed E-state index contributed by atoms with van der Waals surface area (Å²) in [5.41, 5.74) is 7.02. The highest BCUT2D eigenvalue weighted by molar-refractivity contribution is 5.95. The van der Waals surface area contributed by atoms with Crippen LogP contribution in [0.2, 0.25) is 0 Å². The van der Waals surface area contributed by atoms with E-state index in [0.717, 1.165) is 6.42 Å². The number of rotatable bonds is 3. The van der Waals surface area contributed by atoms with E-state index < -0.39 is 5.82 Å². The zero-order valence-electron chi connectivity index (χ0n) is 14.0. The quantitative estimate of drug-likeness (QED) is 0.896. The number of likely N-dealkylation sites (tertiary alicyclic amines) is 1. The van der Waals surface area contributed by atoms with Gasteiger partial charge >= 0.3 is 0 Å². The van der Waals surface area contributed by atoms with E-state index in [-0.39, 0.29) is 35.1 Å². The molecule has 1 heterocycles. The molecular formula is C19H21ClF2N2O. The largest absolute Gasteiger partial charge is 0.338 e. The summed E-state index contributed by atoms with van der Waals surface area (Å²) in [6.07, 6.45) is 0.824. The molecule has 1 aliphatic heterocycles. The van der Waals surface area contributed by atoms with Gasteiger partial charge in [-0.15, -0.1) is 12.4 Å². The molecule has 1 saturated heterocycles. The first kappa shape index (κ1) is 19.3. The Balaban J connectivity index is 0.00000225. The number of halogens is 3. The first-order chi connectivity index (χ1) is 11.4. The Bertz CT molecular complexity index is 767. The van der Waals surface area contributed by atoms with Gasteiger partial charge in [0, 0.05) is 13.1 Å². The minimum absolute atomic E-state index is 0. The van der Waals surface area contributed by atoms with Crippen molar-refractivity contribution in [2.75, 3.05) is 19.6 Å². The van der Waals surface area contributed by atoms with Crippen molar-refractivity contribution < 1.29 is 13.6 Å². The van der Waals surface area contributed by atoms with Gasteiger partial charge < -0.3 is 10.6 Å². The topological polar surface area (TPSA) is 46.3 Å². The predicted molar refractivity (Wildman–Crippen MR) is 96.7 cm³/mol. The third-order valence-corrected chi connectivity index (χ3v) is 4.71. The number of amides is 1. The molecule has 2 aromatic carbocycles. The molecule has 0 bridgehead atoms. The number of carbonyl (C=O) groups is 1. The summed E-state index contributed by atoms with van der Waals surface area (Å²) in [6, 6.07) is 10.3. The molecule has 1 unspecified atom stereocenters. The number of benzene rings is 2. The summed E-state index contributed by atoms with van der Waals surface area (Å²) in [7, 11) is 0. The molecule has 0 saturated carbocycles. The van der Waals surface area contributed by atoms with Crippen molar-refractivity contribution in [2.24, 2.45) is 11.1 Å². The van der Waals surface area contributed by atoms with Crippen LogP contribution in [0.25, 0.3) is 11.1 Å². The summed E-state index contributed by atoms with van der Waals surface area (Å²) >= 11 is 0. The Morgan fingerprint density at radius 3 is 2.36 bits per heavy atom. The highest BCUT2D eigenvalue weighted by atomic mass is 35.5. The summed E-state index contributed by atoms with van der Waals surface area (Å²) in [4.78, 5) is 14.2. The molecule has 0 radical (unpaired) electrons. The molecule has 1 fully saturated rings. The average Bonchev–Trinajstić information content (AvgIpc) is 2.98. The molecule has 2 N–H and O–H groups in total. The summed E-state index contributed by atoms with van der Waals surface area (Å²) in [6.45, 7) is 3.67. The molecule has 2 aromatic rings. The van der Waals surface area contributed by atoms with Gasteiger partial charge in [0.25, 0.3) is 5.91 Å². The van der Waals surface area contributed by atoms with Crippen molar-refractivity contribution in [3.8, 4) is 11.1 Å². The van der Waals surface area contributed by atoms with Crippen molar-refractivity contribution >= 4 is 18.3 Å². The number of nitrogens with zero attached hydrogens (tertiary/aromatic N) is 1. The Labute approximate surface area is 152 Å². The lowest BCUT2D eigenvalue weighted by atomic mass is 9.90. The molecule has 0 aromatic heterocycles. The van der Waals surface area contributed by atoms with Gasteiger partial charge in [-0.25, -0.2) is 8.78 Å². The van der Waals surface area contributed by atoms with Crippen LogP contribution in [0.15, 0.2) is 42.5 Å². The van der Waals surface area contributed by atoms with Crippen molar-refractivity contribution in [1.29, 1.82) is 0 Å². The highest BCUT2D eigenvalue weighted by Gasteiger charge is 2.35. The Hall–Kier alpha value is -1.98. The van der Waals surface area contributed by atoms with Crippen LogP contribution in [-0.4, -0.2) is 30.4 Å². The van der Waals surface area contributed by atoms with Crippen LogP contribution in [0.1, 0.15) is 23.7 Å². The second-order valence-corrected chi connectivity index (χ2v) is 6.69. The third kappa shape index (κ3) is 3.99. The number of hydrogen-bond donors (Lipinski definition) is 1. The van der Waals surface area contributed by atoms with Crippen molar-refractivity contribution in [3.05, 3.63) is 59.7 Å². The zero-order valence-corrected chi connectivity index (χ0v) is 14.8. The maximum Gasteiger partial charge on any atom is 0.256 e. The van der Waals surface area contributed by atoms with Crippen LogP contribution in [0.3, 0.4) is 0 Å². The normalized spacial score (nSPS) is 19.6. The van der Waals surface area contributed by atoms with Gasteiger partial charge in [0.05, 0.1) is 5.56 Å². The summed E-state index contributed by atoms with van der Waals surface area (Å²) < 4.78 is 27.4. The number of hydrogen-bond acceptors (Lipinski definition) is 2. The van der Waals surface area contributed by atoms with E-state index >= 15 is 0 Å². The molecule has 1 amide bonds. The van der Waals surface area contributed by atoms with Gasteiger partial charge in [0.2, 0.25) is 0 Å². The van der Waals surface area contributed by atoms with Crippen molar-refractivity contribution in [3.63, 3.8) is 0 Å². The molecule has 134 valence electrons. The van der Waals surface area contributed by atoms with Crippen LogP contribution < -0.4 is 5.73 Å². The van der Waals surface area contributed by atoms with E-state index in [2.05, 4.69) is 0 Å². The summed E-state index contributed by atoms with van der Waals surface area (Å²) in [5, 5.41) is 0. The minimum atomic E-state index is -0.567. The van der Waals surface area contributed by atoms with E-state index in [1.807, 2.05) is 6.92 Å². The van der Waals surface area contributed by atoms with E-state index in [1.165, 1.54) is 24.3 Å². The SMILES string of the molecule is CC1(CN)CCN(C(=O)c2ccc(-c3ccc(F)cc3)cc2F)C1.Cl. The smallest absolute Gasteiger partial charge is 0.256 e. The molecule has 25 heavy (non-hydrogen) atoms. The van der Waals surface area contributed by atoms with Crippen LogP contribution in [0.4, 0.5) is 8.78 Å². The Kier molecular flexibility index (Phi) is 5.80. The third-order valence-electron chi connectivity index (χ3n) is 4.71. The zero-order chi connectivity index (χ0) is 17.3. The standard InChI is InChI=1S/C19H20F2N2O.ClH/c1-19(11-22)8-9-23(12-19)18(24)16-7-4-14(10-17(16)21)13-2-5-15(20)6-3-13;/h2-7,10H,8-9,11-12,22H2,1H3;1H. The van der Waals surface area contributed by atoms with Crippen LogP contribution in [0.5, 0.6) is 0 Å². The maximum atomic E-state index is 14.4. The fourth-order valence-corrected chi connectivity index (χ4v) is 3.04. The molecular weight excluding hydrogens is 346 g/mol. The fraction of sp³-hybridized carbons (Fsp3) is 0.316. The van der Waals surface area contributed by atoms with Gasteiger partial charge in [0.1, 0.15) is 11.6 Å². The molecule has 0 spiro atoms. The first-order valence-electron chi connectivity index (χ1n) is 7.97. The van der Waals surface area contributed by atoms with Gasteiger partial charge in [-0.2, -0.15) is 0 Å². The predicted octanol–water partition coefficient (Wildman–Crippen LogP) is 3.86. The number of carbonyl (C=O) groups excluding carboxylic acids is 1. The lowest BCUT2D eigenvalue weighted by Crippen LogP contribution is -2.34. The summed E-state index contributed by atoms with van der Waals surface area (Å²) in [5.74, 6) is -1.22. The minimum Gasteiger partial charge on any atom is -0.338 e. The molecule has 1 aliphatic rings. The average molecular weight is 367 g/mol. The maximum absolute atomic E-state index is 14.4. The monoisotopic (exact) mass is 366 g/mol. The highest BCUT2D eigenvalue weighted by Crippen LogP contribution is 2.30. The van der Waals surface area contributed by atoms with Gasteiger partial charge in [-0.3, -0.25) is 4.79 Å². The van der Waals surface area contributed by atoms with Gasteiger partial charge in [-0.1, -0.05) is 25.1 Å². The van der Waals surface area contributed by atoms with E-state index in [1.54, 1.807) is 23.1 Å². The molecule has 3 rings (SSSR count). The van der Waals surface area contributed by atoms with Gasteiger partial charge in [-0.05, 0) is 53.8 Å². The second kappa shape index (κ2) is 7.50. The molecule has 1 atom stereocenters. The van der Waals surface area contributed by atoms with E-state index in [0.29, 0.717) is 30.8 Å². The number of nitrogens with two attached hydrogens (primary N) is 1. The fourth-order valence-electron chi connectivity index (χ4n) is 3.04. The Morgan fingerprint density at radius 2 is 1.80 bits per heavy atom. The van der Waals surface area contributed by atoms with Crippen molar-refractivity contribution in [2.45, 2.75) is 13.3 Å². The first-order valence-corrected chi connectivity index (χ1v) is 7.97. The second-order valence-electron chi connectivity index (χ2n) is 6.69. The van der Waals surface area contributed by atoms with Crippen LogP contribution in [0, 0.1) is 17.0 Å². The van der Waals surface area contributed by atoms with Gasteiger partial charge in [0.15, 0.2) is 0 Å². The molecule has 3 nitrogen and oxygen atoms in total. The lowest BCUT2D eigenvalue weighted by Gasteiger charge is -2.22. The van der Waals surface area contributed by atoms with E-state index in [9.17, 15) is 13.6 Å². The Morgan fingerprint density at radius 1 is 1.16 bits per heavy atom. The van der Waals surface area contributed by atoms with Crippen LogP contribution in [-0.2, 0) is 0 Å². The molecule has 0 aliphatic carbocycles. The molecule has 6 heteroatoms. The van der Waals surface area contributed by atoms with Crippen molar-refractivity contribution in [1.82, 2.24) is 4.90 Å². The lowest BCUT2D eigenvalue weighted by molar-refractivity contribution is 0.0772. The van der Waals surface area contributed by atoms with E-state index in [4.69, 9.17) is 5.73 Å². The van der Waals surface area contributed by atoms with Crippen LogP contribution >= 0.6 is 12.4 Å².